The summed E-state index contributed by atoms with van der Waals surface area (Å²) in [5.41, 5.74) is 3.86. The fourth-order valence-corrected chi connectivity index (χ4v) is 3.58. The highest BCUT2D eigenvalue weighted by molar-refractivity contribution is 5.93. The van der Waals surface area contributed by atoms with E-state index in [2.05, 4.69) is 36.3 Å². The van der Waals surface area contributed by atoms with Crippen molar-refractivity contribution in [2.24, 2.45) is 0 Å². The second-order valence-electron chi connectivity index (χ2n) is 6.88. The number of methoxy groups -OCH3 is 1. The van der Waals surface area contributed by atoms with Crippen molar-refractivity contribution < 1.29 is 14.1 Å². The molecule has 2 aromatic carbocycles. The number of carbonyl (C=O) groups excluding carboxylic acids is 1. The predicted molar refractivity (Wildman–Crippen MR) is 103 cm³/mol. The number of nitrogens with zero attached hydrogens (tertiary/aromatic N) is 2. The number of hydrogen-bond donors (Lipinski definition) is 0. The maximum atomic E-state index is 13.0. The minimum Gasteiger partial charge on any atom is -0.497 e. The molecule has 2 heterocycles. The zero-order valence-corrected chi connectivity index (χ0v) is 15.5. The van der Waals surface area contributed by atoms with Crippen LogP contribution in [0.4, 0.5) is 0 Å². The first-order valence-electron chi connectivity index (χ1n) is 9.14. The number of rotatable bonds is 4. The van der Waals surface area contributed by atoms with Gasteiger partial charge in [-0.25, -0.2) is 0 Å². The topological polar surface area (TPSA) is 55.6 Å². The molecule has 138 valence electrons. The first-order chi connectivity index (χ1) is 13.2. The van der Waals surface area contributed by atoms with Gasteiger partial charge >= 0.3 is 0 Å². The van der Waals surface area contributed by atoms with Gasteiger partial charge in [0.25, 0.3) is 5.91 Å². The molecule has 1 atom stereocenters. The van der Waals surface area contributed by atoms with Gasteiger partial charge < -0.3 is 14.2 Å². The van der Waals surface area contributed by atoms with Gasteiger partial charge in [-0.05, 0) is 37.5 Å². The summed E-state index contributed by atoms with van der Waals surface area (Å²) in [7, 11) is 1.62. The summed E-state index contributed by atoms with van der Waals surface area (Å²) in [4.78, 5) is 14.9. The highest BCUT2D eigenvalue weighted by atomic mass is 16.5. The molecule has 0 radical (unpaired) electrons. The second-order valence-corrected chi connectivity index (χ2v) is 6.88. The van der Waals surface area contributed by atoms with Gasteiger partial charge in [0.2, 0.25) is 5.76 Å². The monoisotopic (exact) mass is 362 g/mol. The van der Waals surface area contributed by atoms with Gasteiger partial charge in [-0.15, -0.1) is 0 Å². The Hall–Kier alpha value is -3.08. The largest absolute Gasteiger partial charge is 0.497 e. The molecule has 0 saturated carbocycles. The van der Waals surface area contributed by atoms with Crippen LogP contribution in [0.5, 0.6) is 5.75 Å². The summed E-state index contributed by atoms with van der Waals surface area (Å²) in [6.07, 6.45) is 1.95. The van der Waals surface area contributed by atoms with Crippen LogP contribution in [0.15, 0.2) is 59.1 Å². The molecule has 4 rings (SSSR count). The molecule has 1 amide bonds. The molecule has 0 aliphatic carbocycles. The van der Waals surface area contributed by atoms with E-state index < -0.39 is 0 Å². The van der Waals surface area contributed by atoms with Crippen molar-refractivity contribution in [3.8, 4) is 17.0 Å². The van der Waals surface area contributed by atoms with Gasteiger partial charge in [-0.1, -0.05) is 47.1 Å². The zero-order chi connectivity index (χ0) is 18.8. The fourth-order valence-electron chi connectivity index (χ4n) is 3.58. The molecule has 5 heteroatoms. The van der Waals surface area contributed by atoms with Crippen molar-refractivity contribution in [3.63, 3.8) is 0 Å². The molecule has 3 aromatic rings. The Bertz CT molecular complexity index is 946. The Morgan fingerprint density at radius 2 is 2.00 bits per heavy atom. The number of likely N-dealkylation sites (tertiary alicyclic amines) is 1. The van der Waals surface area contributed by atoms with Crippen LogP contribution < -0.4 is 4.74 Å². The number of ether oxygens (including phenoxy) is 1. The van der Waals surface area contributed by atoms with Crippen molar-refractivity contribution >= 4 is 5.91 Å². The average molecular weight is 362 g/mol. The maximum Gasteiger partial charge on any atom is 0.292 e. The molecule has 1 unspecified atom stereocenters. The van der Waals surface area contributed by atoms with Gasteiger partial charge in [-0.2, -0.15) is 0 Å². The highest BCUT2D eigenvalue weighted by Crippen LogP contribution is 2.34. The summed E-state index contributed by atoms with van der Waals surface area (Å²) < 4.78 is 10.6. The second kappa shape index (κ2) is 7.27. The number of aromatic nitrogens is 1. The van der Waals surface area contributed by atoms with E-state index in [1.165, 1.54) is 11.1 Å². The van der Waals surface area contributed by atoms with Crippen molar-refractivity contribution in [2.45, 2.75) is 25.8 Å². The van der Waals surface area contributed by atoms with Gasteiger partial charge in [0.05, 0.1) is 13.2 Å². The van der Waals surface area contributed by atoms with E-state index in [4.69, 9.17) is 9.26 Å². The van der Waals surface area contributed by atoms with Crippen LogP contribution in [0.25, 0.3) is 11.3 Å². The molecular weight excluding hydrogens is 340 g/mol. The molecule has 1 aliphatic rings. The molecule has 1 saturated heterocycles. The van der Waals surface area contributed by atoms with Crippen LogP contribution in [-0.2, 0) is 0 Å². The minimum absolute atomic E-state index is 0.0865. The number of hydrogen-bond acceptors (Lipinski definition) is 4. The van der Waals surface area contributed by atoms with Crippen LogP contribution >= 0.6 is 0 Å². The summed E-state index contributed by atoms with van der Waals surface area (Å²) in [6, 6.07) is 17.7. The highest BCUT2D eigenvalue weighted by Gasteiger charge is 2.32. The average Bonchev–Trinajstić information content (AvgIpc) is 3.38. The van der Waals surface area contributed by atoms with E-state index in [1.54, 1.807) is 13.2 Å². The molecule has 1 aromatic heterocycles. The Morgan fingerprint density at radius 1 is 1.19 bits per heavy atom. The third-order valence-electron chi connectivity index (χ3n) is 5.06. The molecule has 1 fully saturated rings. The summed E-state index contributed by atoms with van der Waals surface area (Å²) in [5.74, 6) is 0.897. The van der Waals surface area contributed by atoms with Crippen LogP contribution in [0.1, 0.15) is 40.6 Å². The van der Waals surface area contributed by atoms with E-state index in [0.717, 1.165) is 30.7 Å². The number of amides is 1. The molecule has 0 bridgehead atoms. The smallest absolute Gasteiger partial charge is 0.292 e. The van der Waals surface area contributed by atoms with Gasteiger partial charge in [0, 0.05) is 18.2 Å². The van der Waals surface area contributed by atoms with Crippen molar-refractivity contribution in [1.29, 1.82) is 0 Å². The third kappa shape index (κ3) is 3.45. The predicted octanol–water partition coefficient (Wildman–Crippen LogP) is 4.64. The van der Waals surface area contributed by atoms with Gasteiger partial charge in [0.1, 0.15) is 11.4 Å². The number of aryl methyl sites for hydroxylation is 1. The maximum absolute atomic E-state index is 13.0. The Kier molecular flexibility index (Phi) is 4.67. The van der Waals surface area contributed by atoms with Crippen LogP contribution in [0.3, 0.4) is 0 Å². The van der Waals surface area contributed by atoms with E-state index in [-0.39, 0.29) is 17.7 Å². The molecule has 5 nitrogen and oxygen atoms in total. The van der Waals surface area contributed by atoms with E-state index in [9.17, 15) is 4.79 Å². The minimum atomic E-state index is -0.111. The fraction of sp³-hybridized carbons (Fsp3) is 0.273. The van der Waals surface area contributed by atoms with E-state index >= 15 is 0 Å². The molecule has 0 spiro atoms. The summed E-state index contributed by atoms with van der Waals surface area (Å²) in [5, 5.41) is 4.09. The normalized spacial score (nSPS) is 16.5. The van der Waals surface area contributed by atoms with Gasteiger partial charge in [0.15, 0.2) is 0 Å². The molecular formula is C22H22N2O3. The number of benzene rings is 2. The lowest BCUT2D eigenvalue weighted by Crippen LogP contribution is -2.30. The lowest BCUT2D eigenvalue weighted by molar-refractivity contribution is 0.0693. The zero-order valence-electron chi connectivity index (χ0n) is 15.5. The van der Waals surface area contributed by atoms with Crippen molar-refractivity contribution in [3.05, 3.63) is 71.5 Å². The Balaban J connectivity index is 1.57. The van der Waals surface area contributed by atoms with E-state index in [0.29, 0.717) is 5.69 Å². The van der Waals surface area contributed by atoms with Crippen LogP contribution in [0.2, 0.25) is 0 Å². The van der Waals surface area contributed by atoms with Crippen LogP contribution in [0, 0.1) is 6.92 Å². The molecule has 1 aliphatic heterocycles. The van der Waals surface area contributed by atoms with Gasteiger partial charge in [-0.3, -0.25) is 4.79 Å². The first-order valence-corrected chi connectivity index (χ1v) is 9.14. The Morgan fingerprint density at radius 3 is 2.78 bits per heavy atom. The first kappa shape index (κ1) is 17.3. The summed E-state index contributed by atoms with van der Waals surface area (Å²) in [6.45, 7) is 2.79. The van der Waals surface area contributed by atoms with Crippen molar-refractivity contribution in [2.75, 3.05) is 13.7 Å². The third-order valence-corrected chi connectivity index (χ3v) is 5.06. The van der Waals surface area contributed by atoms with Crippen LogP contribution in [-0.4, -0.2) is 29.6 Å². The van der Waals surface area contributed by atoms with Crippen molar-refractivity contribution in [1.82, 2.24) is 10.1 Å². The SMILES string of the molecule is COc1cccc(-c2cc(C(=O)N3CCCC3c3ccc(C)cc3)on2)c1. The molecule has 0 N–H and O–H groups in total. The van der Waals surface area contributed by atoms with E-state index in [1.807, 2.05) is 29.2 Å². The lowest BCUT2D eigenvalue weighted by atomic mass is 10.0. The standard InChI is InChI=1S/C22H22N2O3/c1-15-8-10-16(11-9-15)20-7-4-12-24(20)22(25)21-14-19(23-27-21)17-5-3-6-18(13-17)26-2/h3,5-6,8-11,13-14,20H,4,7,12H2,1-2H3. The lowest BCUT2D eigenvalue weighted by Gasteiger charge is -2.24. The summed E-state index contributed by atoms with van der Waals surface area (Å²) >= 11 is 0. The number of carbonyl (C=O) groups is 1. The Labute approximate surface area is 158 Å². The quantitative estimate of drug-likeness (QED) is 0.679. The molecule has 27 heavy (non-hydrogen) atoms.